The van der Waals surface area contributed by atoms with Gasteiger partial charge in [0, 0.05) is 19.3 Å². The second-order valence-corrected chi connectivity index (χ2v) is 7.85. The molecule has 0 aliphatic carbocycles. The quantitative estimate of drug-likeness (QED) is 0.576. The Morgan fingerprint density at radius 1 is 1.25 bits per heavy atom. The molecule has 28 heavy (non-hydrogen) atoms. The maximum Gasteiger partial charge on any atom is 0.293 e. The summed E-state index contributed by atoms with van der Waals surface area (Å²) < 4.78 is 0. The Kier molecular flexibility index (Phi) is 6.53. The minimum absolute atomic E-state index is 0.122. The summed E-state index contributed by atoms with van der Waals surface area (Å²) in [4.78, 5) is 42.7. The molecular weight excluding hydrogens is 394 g/mol. The van der Waals surface area contributed by atoms with Crippen LogP contribution in [0.2, 0.25) is 0 Å². The van der Waals surface area contributed by atoms with Gasteiger partial charge in [-0.2, -0.15) is 0 Å². The van der Waals surface area contributed by atoms with E-state index in [-0.39, 0.29) is 30.1 Å². The zero-order valence-electron chi connectivity index (χ0n) is 15.5. The number of thioether (sulfide) groups is 2. The number of carbonyl (C=O) groups excluding carboxylic acids is 3. The molecule has 6 nitrogen and oxygen atoms in total. The average Bonchev–Trinajstić information content (AvgIpc) is 2.96. The van der Waals surface area contributed by atoms with Gasteiger partial charge in [-0.05, 0) is 48.7 Å². The number of hydrogen-bond donors (Lipinski definition) is 1. The molecule has 1 aromatic carbocycles. The van der Waals surface area contributed by atoms with Crippen molar-refractivity contribution in [2.24, 2.45) is 0 Å². The average molecular weight is 414 g/mol. The molecule has 1 saturated heterocycles. The van der Waals surface area contributed by atoms with E-state index in [2.05, 4.69) is 10.3 Å². The molecule has 0 atom stereocenters. The fraction of sp³-hybridized carbons (Fsp3) is 0.200. The number of imide groups is 1. The molecule has 3 rings (SSSR count). The Bertz CT molecular complexity index is 942. The van der Waals surface area contributed by atoms with Crippen LogP contribution in [0.5, 0.6) is 0 Å². The minimum atomic E-state index is -0.337. The van der Waals surface area contributed by atoms with Crippen molar-refractivity contribution in [3.8, 4) is 0 Å². The van der Waals surface area contributed by atoms with Gasteiger partial charge in [-0.1, -0.05) is 29.8 Å². The van der Waals surface area contributed by atoms with Crippen LogP contribution >= 0.6 is 23.5 Å². The first-order valence-electron chi connectivity index (χ1n) is 8.59. The van der Waals surface area contributed by atoms with E-state index in [0.29, 0.717) is 15.5 Å². The third-order valence-corrected chi connectivity index (χ3v) is 5.70. The molecule has 1 aliphatic rings. The Morgan fingerprint density at radius 2 is 2.00 bits per heavy atom. The monoisotopic (exact) mass is 413 g/mol. The number of nitrogens with zero attached hydrogens (tertiary/aromatic N) is 2. The summed E-state index contributed by atoms with van der Waals surface area (Å²) in [7, 11) is 0. The number of aromatic nitrogens is 1. The molecule has 1 aromatic heterocycles. The molecule has 8 heteroatoms. The summed E-state index contributed by atoms with van der Waals surface area (Å²) in [6.45, 7) is 2.29. The molecule has 1 aliphatic heterocycles. The van der Waals surface area contributed by atoms with Gasteiger partial charge in [0.05, 0.1) is 10.5 Å². The predicted molar refractivity (Wildman–Crippen MR) is 112 cm³/mol. The van der Waals surface area contributed by atoms with Gasteiger partial charge in [0.2, 0.25) is 0 Å². The van der Waals surface area contributed by atoms with Crippen LogP contribution in [-0.4, -0.2) is 46.3 Å². The third-order valence-electron chi connectivity index (χ3n) is 4.08. The largest absolute Gasteiger partial charge is 0.350 e. The van der Waals surface area contributed by atoms with Crippen LogP contribution in [0.15, 0.2) is 52.5 Å². The van der Waals surface area contributed by atoms with Gasteiger partial charge >= 0.3 is 0 Å². The normalized spacial score (nSPS) is 15.4. The van der Waals surface area contributed by atoms with Crippen LogP contribution in [0.3, 0.4) is 0 Å². The maximum atomic E-state index is 12.5. The highest BCUT2D eigenvalue weighted by Gasteiger charge is 2.34. The lowest BCUT2D eigenvalue weighted by atomic mass is 10.1. The van der Waals surface area contributed by atoms with Crippen molar-refractivity contribution in [2.45, 2.75) is 11.9 Å². The highest BCUT2D eigenvalue weighted by Crippen LogP contribution is 2.31. The third kappa shape index (κ3) is 4.63. The van der Waals surface area contributed by atoms with Gasteiger partial charge in [0.15, 0.2) is 0 Å². The van der Waals surface area contributed by atoms with Crippen molar-refractivity contribution in [3.63, 3.8) is 0 Å². The Morgan fingerprint density at radius 3 is 2.71 bits per heavy atom. The smallest absolute Gasteiger partial charge is 0.293 e. The SMILES string of the molecule is CSc1ncccc1C(=O)NCCN1C(=O)SC(=Cc2ccc(C)cc2)C1=O. The van der Waals surface area contributed by atoms with Crippen molar-refractivity contribution in [3.05, 3.63) is 64.2 Å². The first-order valence-corrected chi connectivity index (χ1v) is 10.6. The first kappa shape index (κ1) is 20.2. The number of amides is 3. The summed E-state index contributed by atoms with van der Waals surface area (Å²) in [5.74, 6) is -0.615. The van der Waals surface area contributed by atoms with Gasteiger partial charge in [0.1, 0.15) is 5.03 Å². The maximum absolute atomic E-state index is 12.5. The van der Waals surface area contributed by atoms with E-state index in [9.17, 15) is 14.4 Å². The van der Waals surface area contributed by atoms with Gasteiger partial charge in [-0.15, -0.1) is 11.8 Å². The number of benzene rings is 1. The topological polar surface area (TPSA) is 79.4 Å². The summed E-state index contributed by atoms with van der Waals surface area (Å²) in [5.41, 5.74) is 2.47. The Hall–Kier alpha value is -2.58. The highest BCUT2D eigenvalue weighted by atomic mass is 32.2. The van der Waals surface area contributed by atoms with Crippen LogP contribution in [0.1, 0.15) is 21.5 Å². The zero-order chi connectivity index (χ0) is 20.1. The lowest BCUT2D eigenvalue weighted by Crippen LogP contribution is -2.37. The molecule has 1 fully saturated rings. The number of hydrogen-bond acceptors (Lipinski definition) is 6. The number of aryl methyl sites for hydroxylation is 1. The summed E-state index contributed by atoms with van der Waals surface area (Å²) in [5, 5.41) is 3.05. The van der Waals surface area contributed by atoms with Gasteiger partial charge in [-0.25, -0.2) is 4.98 Å². The first-order chi connectivity index (χ1) is 13.5. The van der Waals surface area contributed by atoms with Crippen LogP contribution in [0, 0.1) is 6.92 Å². The van der Waals surface area contributed by atoms with Crippen molar-refractivity contribution in [2.75, 3.05) is 19.3 Å². The molecule has 0 spiro atoms. The van der Waals surface area contributed by atoms with Gasteiger partial charge < -0.3 is 5.32 Å². The van der Waals surface area contributed by atoms with E-state index < -0.39 is 0 Å². The molecule has 144 valence electrons. The second kappa shape index (κ2) is 9.07. The summed E-state index contributed by atoms with van der Waals surface area (Å²) >= 11 is 2.30. The lowest BCUT2D eigenvalue weighted by Gasteiger charge is -2.13. The van der Waals surface area contributed by atoms with E-state index in [1.165, 1.54) is 11.8 Å². The van der Waals surface area contributed by atoms with Crippen LogP contribution < -0.4 is 5.32 Å². The molecule has 1 N–H and O–H groups in total. The minimum Gasteiger partial charge on any atom is -0.350 e. The molecule has 0 radical (unpaired) electrons. The second-order valence-electron chi connectivity index (χ2n) is 6.06. The molecule has 2 heterocycles. The molecule has 0 saturated carbocycles. The van der Waals surface area contributed by atoms with Crippen molar-refractivity contribution >= 4 is 46.7 Å². The number of carbonyl (C=O) groups is 3. The fourth-order valence-electron chi connectivity index (χ4n) is 2.61. The van der Waals surface area contributed by atoms with E-state index in [1.807, 2.05) is 37.4 Å². The molecule has 2 aromatic rings. The van der Waals surface area contributed by atoms with Crippen molar-refractivity contribution < 1.29 is 14.4 Å². The molecule has 3 amide bonds. The molecule has 0 unspecified atom stereocenters. The standard InChI is InChI=1S/C20H19N3O3S2/c1-13-5-7-14(8-6-13)12-16-19(25)23(20(26)28-16)11-10-21-17(24)15-4-3-9-22-18(15)27-2/h3-9,12H,10-11H2,1-2H3,(H,21,24). The lowest BCUT2D eigenvalue weighted by molar-refractivity contribution is -0.122. The van der Waals surface area contributed by atoms with Gasteiger partial charge in [-0.3, -0.25) is 19.3 Å². The number of nitrogens with one attached hydrogen (secondary N) is 1. The number of rotatable bonds is 6. The van der Waals surface area contributed by atoms with Crippen molar-refractivity contribution in [1.82, 2.24) is 15.2 Å². The van der Waals surface area contributed by atoms with Crippen molar-refractivity contribution in [1.29, 1.82) is 0 Å². The van der Waals surface area contributed by atoms with E-state index in [4.69, 9.17) is 0 Å². The van der Waals surface area contributed by atoms with Gasteiger partial charge in [0.25, 0.3) is 17.1 Å². The summed E-state index contributed by atoms with van der Waals surface area (Å²) in [6.07, 6.45) is 5.19. The molecular formula is C20H19N3O3S2. The predicted octanol–water partition coefficient (Wildman–Crippen LogP) is 3.58. The fourth-order valence-corrected chi connectivity index (χ4v) is 4.02. The van der Waals surface area contributed by atoms with E-state index in [1.54, 1.807) is 24.4 Å². The Balaban J connectivity index is 1.60. The highest BCUT2D eigenvalue weighted by molar-refractivity contribution is 8.18. The van der Waals surface area contributed by atoms with Crippen LogP contribution in [-0.2, 0) is 4.79 Å². The molecule has 0 bridgehead atoms. The number of pyridine rings is 1. The Labute approximate surface area is 171 Å². The summed E-state index contributed by atoms with van der Waals surface area (Å²) in [6, 6.07) is 11.1. The van der Waals surface area contributed by atoms with E-state index in [0.717, 1.165) is 27.8 Å². The van der Waals surface area contributed by atoms with E-state index >= 15 is 0 Å². The zero-order valence-corrected chi connectivity index (χ0v) is 17.1. The van der Waals surface area contributed by atoms with Crippen LogP contribution in [0.25, 0.3) is 6.08 Å². The van der Waals surface area contributed by atoms with Crippen LogP contribution in [0.4, 0.5) is 4.79 Å².